The molecule has 1 aliphatic rings. The second-order valence-electron chi connectivity index (χ2n) is 5.74. The van der Waals surface area contributed by atoms with Crippen LogP contribution in [0.2, 0.25) is 0 Å². The molecule has 2 rings (SSSR count). The number of hydrogen-bond donors (Lipinski definition) is 1. The molecule has 1 unspecified atom stereocenters. The van der Waals surface area contributed by atoms with Crippen LogP contribution >= 0.6 is 0 Å². The third kappa shape index (κ3) is 3.97. The van der Waals surface area contributed by atoms with Gasteiger partial charge in [-0.3, -0.25) is 10.1 Å². The second-order valence-corrected chi connectivity index (χ2v) is 5.74. The molecule has 0 bridgehead atoms. The summed E-state index contributed by atoms with van der Waals surface area (Å²) in [6.45, 7) is 5.81. The molecule has 1 fully saturated rings. The minimum atomic E-state index is -0.178. The Morgan fingerprint density at radius 1 is 1.19 bits per heavy atom. The van der Waals surface area contributed by atoms with Crippen molar-refractivity contribution >= 4 is 5.91 Å². The van der Waals surface area contributed by atoms with Crippen molar-refractivity contribution in [1.29, 1.82) is 0 Å². The van der Waals surface area contributed by atoms with Gasteiger partial charge in [0.2, 0.25) is 5.91 Å². The molecular weight excluding hydrogens is 264 g/mol. The number of methoxy groups -OCH3 is 1. The first-order chi connectivity index (χ1) is 10.1. The van der Waals surface area contributed by atoms with E-state index in [9.17, 15) is 4.79 Å². The number of rotatable bonds is 5. The summed E-state index contributed by atoms with van der Waals surface area (Å²) in [5.74, 6) is 1.06. The molecule has 1 heterocycles. The second kappa shape index (κ2) is 7.46. The van der Waals surface area contributed by atoms with E-state index in [0.717, 1.165) is 37.2 Å². The molecule has 0 aromatic heterocycles. The highest BCUT2D eigenvalue weighted by molar-refractivity contribution is 5.81. The van der Waals surface area contributed by atoms with Crippen LogP contribution < -0.4 is 10.1 Å². The molecule has 1 N–H and O–H groups in total. The summed E-state index contributed by atoms with van der Waals surface area (Å²) in [5.41, 5.74) is 1.08. The number of benzene rings is 1. The SMILES string of the molecule is COc1ccccc1[C@H](C)NC(C)C(=O)N1CCCCC1. The van der Waals surface area contributed by atoms with Gasteiger partial charge in [-0.05, 0) is 39.2 Å². The third-order valence-electron chi connectivity index (χ3n) is 4.14. The number of piperidine rings is 1. The summed E-state index contributed by atoms with van der Waals surface area (Å²) in [4.78, 5) is 14.4. The molecule has 21 heavy (non-hydrogen) atoms. The predicted octanol–water partition coefficient (Wildman–Crippen LogP) is 2.75. The first-order valence-corrected chi connectivity index (χ1v) is 7.81. The maximum Gasteiger partial charge on any atom is 0.239 e. The number of nitrogens with zero attached hydrogens (tertiary/aromatic N) is 1. The zero-order chi connectivity index (χ0) is 15.2. The van der Waals surface area contributed by atoms with Crippen molar-refractivity contribution in [2.75, 3.05) is 20.2 Å². The van der Waals surface area contributed by atoms with Gasteiger partial charge in [-0.2, -0.15) is 0 Å². The first kappa shape index (κ1) is 15.8. The summed E-state index contributed by atoms with van der Waals surface area (Å²) >= 11 is 0. The van der Waals surface area contributed by atoms with Crippen molar-refractivity contribution in [3.05, 3.63) is 29.8 Å². The van der Waals surface area contributed by atoms with E-state index < -0.39 is 0 Å². The Hall–Kier alpha value is -1.55. The fourth-order valence-electron chi connectivity index (χ4n) is 2.95. The van der Waals surface area contributed by atoms with Crippen molar-refractivity contribution < 1.29 is 9.53 Å². The Morgan fingerprint density at radius 2 is 1.86 bits per heavy atom. The van der Waals surface area contributed by atoms with Gasteiger partial charge in [-0.15, -0.1) is 0 Å². The molecule has 1 aromatic carbocycles. The van der Waals surface area contributed by atoms with Gasteiger partial charge in [0.05, 0.1) is 13.2 Å². The molecule has 116 valence electrons. The van der Waals surface area contributed by atoms with Gasteiger partial charge in [-0.25, -0.2) is 0 Å². The van der Waals surface area contributed by atoms with E-state index in [1.807, 2.05) is 36.1 Å². The molecule has 2 atom stereocenters. The molecule has 0 aliphatic carbocycles. The van der Waals surface area contributed by atoms with Crippen LogP contribution in [-0.2, 0) is 4.79 Å². The van der Waals surface area contributed by atoms with Crippen LogP contribution in [0.5, 0.6) is 5.75 Å². The maximum absolute atomic E-state index is 12.5. The molecular formula is C17H26N2O2. The van der Waals surface area contributed by atoms with Gasteiger partial charge in [0.15, 0.2) is 0 Å². The van der Waals surface area contributed by atoms with E-state index in [4.69, 9.17) is 4.74 Å². The fourth-order valence-corrected chi connectivity index (χ4v) is 2.95. The van der Waals surface area contributed by atoms with Crippen LogP contribution in [0.3, 0.4) is 0 Å². The smallest absolute Gasteiger partial charge is 0.239 e. The predicted molar refractivity (Wildman–Crippen MR) is 84.4 cm³/mol. The minimum absolute atomic E-state index is 0.0740. The van der Waals surface area contributed by atoms with Crippen LogP contribution in [-0.4, -0.2) is 37.0 Å². The fraction of sp³-hybridized carbons (Fsp3) is 0.588. The van der Waals surface area contributed by atoms with Gasteiger partial charge in [0, 0.05) is 24.7 Å². The van der Waals surface area contributed by atoms with Crippen molar-refractivity contribution in [2.45, 2.75) is 45.2 Å². The number of likely N-dealkylation sites (tertiary alicyclic amines) is 1. The standard InChI is InChI=1S/C17H26N2O2/c1-13(15-9-5-6-10-16(15)21-3)18-14(2)17(20)19-11-7-4-8-12-19/h5-6,9-10,13-14,18H,4,7-8,11-12H2,1-3H3/t13-,14?/m0/s1. The lowest BCUT2D eigenvalue weighted by molar-refractivity contribution is -0.134. The zero-order valence-electron chi connectivity index (χ0n) is 13.3. The minimum Gasteiger partial charge on any atom is -0.496 e. The van der Waals surface area contributed by atoms with Gasteiger partial charge < -0.3 is 9.64 Å². The average Bonchev–Trinajstić information content (AvgIpc) is 2.54. The Kier molecular flexibility index (Phi) is 5.62. The Labute approximate surface area is 127 Å². The van der Waals surface area contributed by atoms with Gasteiger partial charge in [0.25, 0.3) is 0 Å². The number of ether oxygens (including phenoxy) is 1. The Bertz CT molecular complexity index is 470. The van der Waals surface area contributed by atoms with E-state index in [2.05, 4.69) is 12.2 Å². The lowest BCUT2D eigenvalue weighted by Crippen LogP contribution is -2.47. The topological polar surface area (TPSA) is 41.6 Å². The molecule has 1 aromatic rings. The van der Waals surface area contributed by atoms with Crippen LogP contribution in [0.15, 0.2) is 24.3 Å². The number of carbonyl (C=O) groups excluding carboxylic acids is 1. The van der Waals surface area contributed by atoms with E-state index in [0.29, 0.717) is 0 Å². The highest BCUT2D eigenvalue weighted by Crippen LogP contribution is 2.24. The summed E-state index contributed by atoms with van der Waals surface area (Å²) < 4.78 is 5.39. The van der Waals surface area contributed by atoms with E-state index in [1.54, 1.807) is 7.11 Å². The summed E-state index contributed by atoms with van der Waals surface area (Å²) in [6.07, 6.45) is 3.49. The summed E-state index contributed by atoms with van der Waals surface area (Å²) in [7, 11) is 1.67. The zero-order valence-corrected chi connectivity index (χ0v) is 13.3. The number of amides is 1. The number of para-hydroxylation sites is 1. The molecule has 1 aliphatic heterocycles. The van der Waals surface area contributed by atoms with E-state index in [-0.39, 0.29) is 18.0 Å². The lowest BCUT2D eigenvalue weighted by Gasteiger charge is -2.31. The number of nitrogens with one attached hydrogen (secondary N) is 1. The quantitative estimate of drug-likeness (QED) is 0.906. The van der Waals surface area contributed by atoms with Crippen LogP contribution in [0.25, 0.3) is 0 Å². The monoisotopic (exact) mass is 290 g/mol. The van der Waals surface area contributed by atoms with Crippen molar-refractivity contribution in [3.63, 3.8) is 0 Å². The Morgan fingerprint density at radius 3 is 2.52 bits per heavy atom. The van der Waals surface area contributed by atoms with Gasteiger partial charge in [0.1, 0.15) is 5.75 Å². The third-order valence-corrected chi connectivity index (χ3v) is 4.14. The average molecular weight is 290 g/mol. The highest BCUT2D eigenvalue weighted by atomic mass is 16.5. The Balaban J connectivity index is 1.97. The normalized spacial score (nSPS) is 18.1. The van der Waals surface area contributed by atoms with E-state index in [1.165, 1.54) is 6.42 Å². The van der Waals surface area contributed by atoms with Crippen molar-refractivity contribution in [3.8, 4) is 5.75 Å². The summed E-state index contributed by atoms with van der Waals surface area (Å²) in [5, 5.41) is 3.40. The van der Waals surface area contributed by atoms with E-state index >= 15 is 0 Å². The van der Waals surface area contributed by atoms with Crippen LogP contribution in [0.4, 0.5) is 0 Å². The lowest BCUT2D eigenvalue weighted by atomic mass is 10.1. The summed E-state index contributed by atoms with van der Waals surface area (Å²) in [6, 6.07) is 7.83. The van der Waals surface area contributed by atoms with Crippen molar-refractivity contribution in [1.82, 2.24) is 10.2 Å². The number of hydrogen-bond acceptors (Lipinski definition) is 3. The van der Waals surface area contributed by atoms with Crippen LogP contribution in [0, 0.1) is 0 Å². The molecule has 1 amide bonds. The molecule has 1 saturated heterocycles. The van der Waals surface area contributed by atoms with Crippen molar-refractivity contribution in [2.24, 2.45) is 0 Å². The first-order valence-electron chi connectivity index (χ1n) is 7.81. The van der Waals surface area contributed by atoms with Gasteiger partial charge >= 0.3 is 0 Å². The molecule has 0 spiro atoms. The largest absolute Gasteiger partial charge is 0.496 e. The highest BCUT2D eigenvalue weighted by Gasteiger charge is 2.24. The molecule has 4 heteroatoms. The molecule has 4 nitrogen and oxygen atoms in total. The molecule has 0 saturated carbocycles. The van der Waals surface area contributed by atoms with Gasteiger partial charge in [-0.1, -0.05) is 18.2 Å². The molecule has 0 radical (unpaired) electrons. The van der Waals surface area contributed by atoms with Crippen LogP contribution in [0.1, 0.15) is 44.7 Å². The number of carbonyl (C=O) groups is 1. The maximum atomic E-state index is 12.5.